The number of aliphatic carboxylic acids is 1. The maximum atomic E-state index is 14.0. The number of hydrogen-bond donors (Lipinski definition) is 1. The molecule has 0 fully saturated rings. The Bertz CT molecular complexity index is 1180. The fourth-order valence-electron chi connectivity index (χ4n) is 3.64. The van der Waals surface area contributed by atoms with E-state index in [1.807, 2.05) is 6.92 Å². The molecule has 29 heavy (non-hydrogen) atoms. The van der Waals surface area contributed by atoms with Crippen molar-refractivity contribution in [3.63, 3.8) is 0 Å². The molecule has 154 valence electrons. The van der Waals surface area contributed by atoms with E-state index in [0.717, 1.165) is 5.56 Å². The Morgan fingerprint density at radius 1 is 1.21 bits per heavy atom. The highest BCUT2D eigenvalue weighted by molar-refractivity contribution is 7.92. The minimum atomic E-state index is -3.50. The molecule has 0 bridgehead atoms. The number of sulfone groups is 1. The third-order valence-electron chi connectivity index (χ3n) is 5.46. The van der Waals surface area contributed by atoms with Gasteiger partial charge in [-0.05, 0) is 55.7 Å². The molecule has 1 aromatic heterocycles. The Morgan fingerprint density at radius 3 is 2.55 bits per heavy atom. The number of halogens is 1. The number of carboxylic acids is 1. The fraction of sp³-hybridized carbons (Fsp3) is 0.318. The SMILES string of the molecule is CCC(C)S(=O)(=O)c1ccccc1Cc1c(C)n(CC(=O)O)c2ccc(F)cc12. The van der Waals surface area contributed by atoms with Gasteiger partial charge in [-0.3, -0.25) is 4.79 Å². The van der Waals surface area contributed by atoms with Gasteiger partial charge in [-0.2, -0.15) is 0 Å². The summed E-state index contributed by atoms with van der Waals surface area (Å²) in [6.45, 7) is 5.05. The molecule has 0 aliphatic heterocycles. The van der Waals surface area contributed by atoms with Crippen molar-refractivity contribution in [2.45, 2.75) is 50.3 Å². The van der Waals surface area contributed by atoms with Crippen molar-refractivity contribution in [3.8, 4) is 0 Å². The molecule has 1 N–H and O–H groups in total. The van der Waals surface area contributed by atoms with E-state index in [2.05, 4.69) is 0 Å². The summed E-state index contributed by atoms with van der Waals surface area (Å²) in [5.74, 6) is -1.42. The molecule has 0 saturated carbocycles. The summed E-state index contributed by atoms with van der Waals surface area (Å²) >= 11 is 0. The highest BCUT2D eigenvalue weighted by Gasteiger charge is 2.25. The quantitative estimate of drug-likeness (QED) is 0.621. The molecule has 3 aromatic rings. The maximum absolute atomic E-state index is 14.0. The van der Waals surface area contributed by atoms with Gasteiger partial charge < -0.3 is 9.67 Å². The predicted molar refractivity (Wildman–Crippen MR) is 110 cm³/mol. The lowest BCUT2D eigenvalue weighted by molar-refractivity contribution is -0.137. The Labute approximate surface area is 169 Å². The van der Waals surface area contributed by atoms with Crippen LogP contribution in [-0.2, 0) is 27.6 Å². The highest BCUT2D eigenvalue weighted by Crippen LogP contribution is 2.31. The highest BCUT2D eigenvalue weighted by atomic mass is 32.2. The monoisotopic (exact) mass is 417 g/mol. The Morgan fingerprint density at radius 2 is 1.90 bits per heavy atom. The first-order valence-electron chi connectivity index (χ1n) is 9.47. The van der Waals surface area contributed by atoms with Crippen molar-refractivity contribution < 1.29 is 22.7 Å². The van der Waals surface area contributed by atoms with Crippen LogP contribution in [0.1, 0.15) is 37.1 Å². The van der Waals surface area contributed by atoms with Crippen LogP contribution in [0.3, 0.4) is 0 Å². The van der Waals surface area contributed by atoms with E-state index in [9.17, 15) is 22.7 Å². The molecule has 0 saturated heterocycles. The van der Waals surface area contributed by atoms with Crippen molar-refractivity contribution in [2.24, 2.45) is 0 Å². The molecule has 3 rings (SSSR count). The molecular formula is C22H24FNO4S. The van der Waals surface area contributed by atoms with Gasteiger partial charge in [-0.25, -0.2) is 12.8 Å². The largest absolute Gasteiger partial charge is 0.480 e. The topological polar surface area (TPSA) is 76.4 Å². The van der Waals surface area contributed by atoms with Gasteiger partial charge in [0.1, 0.15) is 12.4 Å². The van der Waals surface area contributed by atoms with Crippen molar-refractivity contribution in [2.75, 3.05) is 0 Å². The van der Waals surface area contributed by atoms with E-state index in [0.29, 0.717) is 28.6 Å². The lowest BCUT2D eigenvalue weighted by Gasteiger charge is -2.15. The normalized spacial score (nSPS) is 13.0. The van der Waals surface area contributed by atoms with Crippen LogP contribution < -0.4 is 0 Å². The van der Waals surface area contributed by atoms with Gasteiger partial charge >= 0.3 is 5.97 Å². The van der Waals surface area contributed by atoms with Crippen molar-refractivity contribution >= 4 is 26.7 Å². The average Bonchev–Trinajstić information content (AvgIpc) is 2.92. The van der Waals surface area contributed by atoms with Crippen LogP contribution in [0.2, 0.25) is 0 Å². The van der Waals surface area contributed by atoms with Gasteiger partial charge in [-0.15, -0.1) is 0 Å². The zero-order chi connectivity index (χ0) is 21.3. The first-order valence-corrected chi connectivity index (χ1v) is 11.0. The summed E-state index contributed by atoms with van der Waals surface area (Å²) in [5, 5.41) is 9.35. The number of rotatable bonds is 7. The van der Waals surface area contributed by atoms with Crippen LogP contribution in [0.5, 0.6) is 0 Å². The molecule has 1 atom stereocenters. The molecule has 0 amide bonds. The number of fused-ring (bicyclic) bond motifs is 1. The van der Waals surface area contributed by atoms with E-state index in [-0.39, 0.29) is 17.9 Å². The van der Waals surface area contributed by atoms with Gasteiger partial charge in [0.05, 0.1) is 10.1 Å². The zero-order valence-electron chi connectivity index (χ0n) is 16.6. The van der Waals surface area contributed by atoms with Crippen LogP contribution in [-0.4, -0.2) is 29.3 Å². The number of hydrogen-bond acceptors (Lipinski definition) is 3. The van der Waals surface area contributed by atoms with Crippen molar-refractivity contribution in [3.05, 3.63) is 65.1 Å². The second kappa shape index (κ2) is 7.99. The second-order valence-electron chi connectivity index (χ2n) is 7.25. The minimum Gasteiger partial charge on any atom is -0.480 e. The molecule has 2 aromatic carbocycles. The molecule has 5 nitrogen and oxygen atoms in total. The van der Waals surface area contributed by atoms with Gasteiger partial charge in [0.2, 0.25) is 0 Å². The predicted octanol–water partition coefficient (Wildman–Crippen LogP) is 4.34. The summed E-state index contributed by atoms with van der Waals surface area (Å²) in [6, 6.07) is 11.1. The van der Waals surface area contributed by atoms with Gasteiger partial charge in [0.25, 0.3) is 0 Å². The van der Waals surface area contributed by atoms with E-state index in [1.54, 1.807) is 48.7 Å². The smallest absolute Gasteiger partial charge is 0.323 e. The Balaban J connectivity index is 2.19. The van der Waals surface area contributed by atoms with Gasteiger partial charge in [-0.1, -0.05) is 25.1 Å². The summed E-state index contributed by atoms with van der Waals surface area (Å²) in [4.78, 5) is 11.6. The van der Waals surface area contributed by atoms with Crippen LogP contribution in [0.15, 0.2) is 47.4 Å². The van der Waals surface area contributed by atoms with Crippen LogP contribution >= 0.6 is 0 Å². The average molecular weight is 418 g/mol. The Hall–Kier alpha value is -2.67. The number of nitrogens with zero attached hydrogens (tertiary/aromatic N) is 1. The summed E-state index contributed by atoms with van der Waals surface area (Å²) in [5.41, 5.74) is 2.65. The molecule has 0 aliphatic carbocycles. The summed E-state index contributed by atoms with van der Waals surface area (Å²) < 4.78 is 41.6. The summed E-state index contributed by atoms with van der Waals surface area (Å²) in [6.07, 6.45) is 0.767. The maximum Gasteiger partial charge on any atom is 0.323 e. The Kier molecular flexibility index (Phi) is 5.80. The third-order valence-corrected chi connectivity index (χ3v) is 7.86. The van der Waals surface area contributed by atoms with Crippen molar-refractivity contribution in [1.29, 1.82) is 0 Å². The van der Waals surface area contributed by atoms with Gasteiger partial charge in [0.15, 0.2) is 9.84 Å². The zero-order valence-corrected chi connectivity index (χ0v) is 17.5. The van der Waals surface area contributed by atoms with Gasteiger partial charge in [0, 0.05) is 23.0 Å². The molecule has 7 heteroatoms. The van der Waals surface area contributed by atoms with Crippen LogP contribution in [0, 0.1) is 12.7 Å². The molecule has 1 unspecified atom stereocenters. The first kappa shape index (κ1) is 21.0. The number of carbonyl (C=O) groups is 1. The number of aromatic nitrogens is 1. The number of carboxylic acid groups (broad SMARTS) is 1. The molecule has 1 heterocycles. The van der Waals surface area contributed by atoms with E-state index in [4.69, 9.17) is 0 Å². The van der Waals surface area contributed by atoms with Crippen molar-refractivity contribution in [1.82, 2.24) is 4.57 Å². The third kappa shape index (κ3) is 3.92. The standard InChI is InChI=1S/C22H24FNO4S/c1-4-14(2)29(27,28)21-8-6-5-7-16(21)11-18-15(3)24(13-22(25)26)20-10-9-17(23)12-19(18)20/h5-10,12,14H,4,11,13H2,1-3H3,(H,25,26). The van der Waals surface area contributed by atoms with E-state index >= 15 is 0 Å². The van der Waals surface area contributed by atoms with Crippen LogP contribution in [0.25, 0.3) is 10.9 Å². The second-order valence-corrected chi connectivity index (χ2v) is 9.59. The molecule has 0 radical (unpaired) electrons. The molecule has 0 aliphatic rings. The number of benzene rings is 2. The lowest BCUT2D eigenvalue weighted by atomic mass is 10.0. The minimum absolute atomic E-state index is 0.249. The first-order chi connectivity index (χ1) is 13.7. The lowest BCUT2D eigenvalue weighted by Crippen LogP contribution is -2.18. The van der Waals surface area contributed by atoms with E-state index in [1.165, 1.54) is 12.1 Å². The molecule has 0 spiro atoms. The fourth-order valence-corrected chi connectivity index (χ4v) is 5.29. The summed E-state index contributed by atoms with van der Waals surface area (Å²) in [7, 11) is -3.50. The van der Waals surface area contributed by atoms with Crippen LogP contribution in [0.4, 0.5) is 4.39 Å². The van der Waals surface area contributed by atoms with E-state index < -0.39 is 26.9 Å². The molecular weight excluding hydrogens is 393 g/mol.